The van der Waals surface area contributed by atoms with Crippen LogP contribution in [-0.2, 0) is 14.3 Å². The molecule has 0 aliphatic carbocycles. The summed E-state index contributed by atoms with van der Waals surface area (Å²) in [5.41, 5.74) is 4.44. The molecular weight excluding hydrogens is 392 g/mol. The lowest BCUT2D eigenvalue weighted by Gasteiger charge is -2.09. The number of H-pyrrole nitrogens is 1. The van der Waals surface area contributed by atoms with Gasteiger partial charge in [-0.15, -0.1) is 0 Å². The van der Waals surface area contributed by atoms with Crippen LogP contribution in [0.5, 0.6) is 5.75 Å². The van der Waals surface area contributed by atoms with E-state index >= 15 is 0 Å². The van der Waals surface area contributed by atoms with Crippen molar-refractivity contribution in [2.75, 3.05) is 26.4 Å². The van der Waals surface area contributed by atoms with Gasteiger partial charge in [-0.2, -0.15) is 0 Å². The van der Waals surface area contributed by atoms with Crippen LogP contribution < -0.4 is 4.74 Å². The number of benzene rings is 2. The number of fused-ring (bicyclic) bond motifs is 4. The summed E-state index contributed by atoms with van der Waals surface area (Å²) in [4.78, 5) is 20.0. The summed E-state index contributed by atoms with van der Waals surface area (Å²) in [5, 5.41) is 4.47. The Hall–Kier alpha value is -2.96. The fraction of sp³-hybridized carbons (Fsp3) is 0.360. The molecule has 0 saturated heterocycles. The van der Waals surface area contributed by atoms with E-state index in [1.807, 2.05) is 30.6 Å². The van der Waals surface area contributed by atoms with Gasteiger partial charge in [-0.1, -0.05) is 13.8 Å². The lowest BCUT2D eigenvalue weighted by molar-refractivity contribution is -0.140. The molecule has 0 saturated carbocycles. The molecule has 2 aromatic carbocycles. The molecule has 31 heavy (non-hydrogen) atoms. The maximum atomic E-state index is 12.2. The maximum absolute atomic E-state index is 12.2. The van der Waals surface area contributed by atoms with Crippen molar-refractivity contribution in [3.05, 3.63) is 47.8 Å². The van der Waals surface area contributed by atoms with Crippen LogP contribution >= 0.6 is 0 Å². The highest BCUT2D eigenvalue weighted by molar-refractivity contribution is 6.16. The van der Waals surface area contributed by atoms with Gasteiger partial charge in [0.05, 0.1) is 18.7 Å². The first kappa shape index (κ1) is 21.3. The van der Waals surface area contributed by atoms with Gasteiger partial charge in [0.15, 0.2) is 0 Å². The Morgan fingerprint density at radius 2 is 1.84 bits per heavy atom. The van der Waals surface area contributed by atoms with Crippen LogP contribution in [-0.4, -0.2) is 42.4 Å². The Kier molecular flexibility index (Phi) is 6.20. The molecule has 0 aliphatic heterocycles. The summed E-state index contributed by atoms with van der Waals surface area (Å²) in [5.74, 6) is 0.554. The van der Waals surface area contributed by atoms with E-state index in [2.05, 4.69) is 37.7 Å². The molecule has 4 rings (SSSR count). The number of hydrogen-bond acceptors (Lipinski definition) is 5. The molecule has 0 unspecified atom stereocenters. The molecule has 0 bridgehead atoms. The minimum Gasteiger partial charge on any atom is -0.425 e. The zero-order valence-electron chi connectivity index (χ0n) is 18.5. The van der Waals surface area contributed by atoms with Crippen LogP contribution in [0.25, 0.3) is 32.6 Å². The van der Waals surface area contributed by atoms with E-state index in [0.29, 0.717) is 31.5 Å². The van der Waals surface area contributed by atoms with Gasteiger partial charge in [0, 0.05) is 40.7 Å². The van der Waals surface area contributed by atoms with Gasteiger partial charge in [-0.25, -0.2) is 4.79 Å². The second-order valence-corrected chi connectivity index (χ2v) is 8.25. The average Bonchev–Trinajstić information content (AvgIpc) is 3.13. The number of aryl methyl sites for hydroxylation is 2. The van der Waals surface area contributed by atoms with Crippen molar-refractivity contribution in [2.24, 2.45) is 5.92 Å². The van der Waals surface area contributed by atoms with Crippen molar-refractivity contribution in [1.82, 2.24) is 9.97 Å². The Morgan fingerprint density at radius 3 is 2.65 bits per heavy atom. The van der Waals surface area contributed by atoms with Crippen molar-refractivity contribution >= 4 is 38.5 Å². The van der Waals surface area contributed by atoms with E-state index in [9.17, 15) is 4.79 Å². The molecule has 6 heteroatoms. The number of aromatic nitrogens is 2. The van der Waals surface area contributed by atoms with Gasteiger partial charge < -0.3 is 19.2 Å². The predicted molar refractivity (Wildman–Crippen MR) is 123 cm³/mol. The SMILES string of the molecule is Cc1c2ccncc2c(C)c2c1[nH]c1ccc(OC(=O)COCCOCC(C)C)cc12. The monoisotopic (exact) mass is 420 g/mol. The van der Waals surface area contributed by atoms with Crippen LogP contribution in [0.15, 0.2) is 36.7 Å². The smallest absolute Gasteiger partial charge is 0.337 e. The minimum absolute atomic E-state index is 0.106. The largest absolute Gasteiger partial charge is 0.425 e. The quantitative estimate of drug-likeness (QED) is 0.244. The van der Waals surface area contributed by atoms with E-state index in [1.54, 1.807) is 6.07 Å². The standard InChI is InChI=1S/C25H28N2O4/c1-15(2)13-29-9-10-30-14-23(28)31-18-5-6-22-20(11-18)24-16(3)21-12-26-8-7-19(21)17(4)25(24)27-22/h5-8,11-12,15,27H,9-10,13-14H2,1-4H3. The van der Waals surface area contributed by atoms with Crippen molar-refractivity contribution in [3.63, 3.8) is 0 Å². The molecule has 6 nitrogen and oxygen atoms in total. The van der Waals surface area contributed by atoms with Crippen LogP contribution in [0, 0.1) is 19.8 Å². The maximum Gasteiger partial charge on any atom is 0.337 e. The lowest BCUT2D eigenvalue weighted by atomic mass is 9.97. The van der Waals surface area contributed by atoms with Gasteiger partial charge >= 0.3 is 5.97 Å². The van der Waals surface area contributed by atoms with Gasteiger partial charge in [0.25, 0.3) is 0 Å². The summed E-state index contributed by atoms with van der Waals surface area (Å²) in [6.45, 7) is 9.80. The van der Waals surface area contributed by atoms with Crippen molar-refractivity contribution in [3.8, 4) is 5.75 Å². The first-order valence-electron chi connectivity index (χ1n) is 10.6. The highest BCUT2D eigenvalue weighted by atomic mass is 16.6. The molecule has 1 N–H and O–H groups in total. The third kappa shape index (κ3) is 4.40. The molecule has 0 aliphatic rings. The number of esters is 1. The molecule has 0 amide bonds. The first-order valence-corrected chi connectivity index (χ1v) is 10.6. The molecule has 0 spiro atoms. The van der Waals surface area contributed by atoms with Crippen molar-refractivity contribution in [1.29, 1.82) is 0 Å². The van der Waals surface area contributed by atoms with Crippen molar-refractivity contribution < 1.29 is 19.0 Å². The Labute approximate surface area is 181 Å². The molecular formula is C25H28N2O4. The number of nitrogens with one attached hydrogen (secondary N) is 1. The lowest BCUT2D eigenvalue weighted by Crippen LogP contribution is -2.18. The van der Waals surface area contributed by atoms with E-state index in [0.717, 1.165) is 32.8 Å². The van der Waals surface area contributed by atoms with Gasteiger partial charge in [0.2, 0.25) is 0 Å². The van der Waals surface area contributed by atoms with Crippen LogP contribution in [0.2, 0.25) is 0 Å². The second-order valence-electron chi connectivity index (χ2n) is 8.25. The zero-order valence-corrected chi connectivity index (χ0v) is 18.5. The number of hydrogen-bond donors (Lipinski definition) is 1. The van der Waals surface area contributed by atoms with Gasteiger partial charge in [0.1, 0.15) is 12.4 Å². The number of nitrogens with zero attached hydrogens (tertiary/aromatic N) is 1. The zero-order chi connectivity index (χ0) is 22.0. The number of pyridine rings is 1. The van der Waals surface area contributed by atoms with E-state index in [4.69, 9.17) is 14.2 Å². The van der Waals surface area contributed by atoms with E-state index in [1.165, 1.54) is 10.9 Å². The van der Waals surface area contributed by atoms with Gasteiger partial charge in [-0.05, 0) is 60.5 Å². The predicted octanol–water partition coefficient (Wildman–Crippen LogP) is 5.08. The van der Waals surface area contributed by atoms with Gasteiger partial charge in [-0.3, -0.25) is 4.98 Å². The highest BCUT2D eigenvalue weighted by Gasteiger charge is 2.15. The van der Waals surface area contributed by atoms with Crippen LogP contribution in [0.1, 0.15) is 25.0 Å². The summed E-state index contributed by atoms with van der Waals surface area (Å²) >= 11 is 0. The molecule has 0 fully saturated rings. The topological polar surface area (TPSA) is 73.4 Å². The summed E-state index contributed by atoms with van der Waals surface area (Å²) in [6.07, 6.45) is 3.72. The van der Waals surface area contributed by atoms with Crippen molar-refractivity contribution in [2.45, 2.75) is 27.7 Å². The van der Waals surface area contributed by atoms with Crippen LogP contribution in [0.3, 0.4) is 0 Å². The fourth-order valence-electron chi connectivity index (χ4n) is 3.95. The Balaban J connectivity index is 1.53. The summed E-state index contributed by atoms with van der Waals surface area (Å²) in [6, 6.07) is 7.70. The summed E-state index contributed by atoms with van der Waals surface area (Å²) < 4.78 is 16.3. The number of carbonyl (C=O) groups excluding carboxylic acids is 1. The van der Waals surface area contributed by atoms with E-state index in [-0.39, 0.29) is 6.61 Å². The normalized spacial score (nSPS) is 11.8. The number of ether oxygens (including phenoxy) is 3. The third-order valence-electron chi connectivity index (χ3n) is 5.42. The molecule has 0 radical (unpaired) electrons. The average molecular weight is 421 g/mol. The van der Waals surface area contributed by atoms with E-state index < -0.39 is 5.97 Å². The molecule has 2 heterocycles. The number of rotatable bonds is 8. The minimum atomic E-state index is -0.425. The highest BCUT2D eigenvalue weighted by Crippen LogP contribution is 2.37. The number of aromatic amines is 1. The third-order valence-corrected chi connectivity index (χ3v) is 5.42. The molecule has 0 atom stereocenters. The summed E-state index contributed by atoms with van der Waals surface area (Å²) in [7, 11) is 0. The fourth-order valence-corrected chi connectivity index (χ4v) is 3.95. The Bertz CT molecular complexity index is 1240. The van der Waals surface area contributed by atoms with Crippen LogP contribution in [0.4, 0.5) is 0 Å². The number of carbonyl (C=O) groups is 1. The first-order chi connectivity index (χ1) is 15.0. The molecule has 162 valence electrons. The second kappa shape index (κ2) is 9.04. The Morgan fingerprint density at radius 1 is 1.03 bits per heavy atom. The molecule has 2 aromatic heterocycles. The molecule has 4 aromatic rings.